The first-order chi connectivity index (χ1) is 10.0. The molecule has 110 valence electrons. The highest BCUT2D eigenvalue weighted by Gasteiger charge is 2.21. The van der Waals surface area contributed by atoms with E-state index in [4.69, 9.17) is 5.73 Å². The molecule has 21 heavy (non-hydrogen) atoms. The van der Waals surface area contributed by atoms with Crippen LogP contribution in [0.1, 0.15) is 15.9 Å². The third-order valence-corrected chi connectivity index (χ3v) is 3.23. The second-order valence-electron chi connectivity index (χ2n) is 4.70. The summed E-state index contributed by atoms with van der Waals surface area (Å²) in [6.45, 7) is 1.61. The molecule has 0 spiro atoms. The van der Waals surface area contributed by atoms with Crippen LogP contribution in [-0.2, 0) is 0 Å². The van der Waals surface area contributed by atoms with E-state index >= 15 is 0 Å². The van der Waals surface area contributed by atoms with Gasteiger partial charge in [0.1, 0.15) is 5.82 Å². The predicted octanol–water partition coefficient (Wildman–Crippen LogP) is 2.36. The SMILES string of the molecule is Cc1ccc(F)cc1C(=O)N(CCO)c1ccccc1N. The fourth-order valence-electron chi connectivity index (χ4n) is 2.13. The van der Waals surface area contributed by atoms with E-state index < -0.39 is 5.82 Å². The molecular formula is C16H17FN2O2. The van der Waals surface area contributed by atoms with Gasteiger partial charge >= 0.3 is 0 Å². The number of nitrogen functional groups attached to an aromatic ring is 1. The fraction of sp³-hybridized carbons (Fsp3) is 0.188. The van der Waals surface area contributed by atoms with Crippen molar-refractivity contribution >= 4 is 17.3 Å². The molecule has 0 aromatic heterocycles. The van der Waals surface area contributed by atoms with Gasteiger partial charge < -0.3 is 15.7 Å². The molecule has 0 aliphatic heterocycles. The van der Waals surface area contributed by atoms with Gasteiger partial charge in [-0.25, -0.2) is 4.39 Å². The van der Waals surface area contributed by atoms with Crippen LogP contribution in [0.3, 0.4) is 0 Å². The summed E-state index contributed by atoms with van der Waals surface area (Å²) in [4.78, 5) is 14.0. The van der Waals surface area contributed by atoms with Gasteiger partial charge in [-0.2, -0.15) is 0 Å². The van der Waals surface area contributed by atoms with Crippen molar-refractivity contribution in [1.82, 2.24) is 0 Å². The molecule has 0 radical (unpaired) electrons. The average Bonchev–Trinajstić information content (AvgIpc) is 2.47. The number of aryl methyl sites for hydroxylation is 1. The van der Waals surface area contributed by atoms with Gasteiger partial charge in [0.15, 0.2) is 0 Å². The molecule has 4 nitrogen and oxygen atoms in total. The molecular weight excluding hydrogens is 271 g/mol. The summed E-state index contributed by atoms with van der Waals surface area (Å²) in [5, 5.41) is 9.20. The van der Waals surface area contributed by atoms with Gasteiger partial charge in [0, 0.05) is 12.1 Å². The third-order valence-electron chi connectivity index (χ3n) is 3.23. The molecule has 0 heterocycles. The van der Waals surface area contributed by atoms with Crippen LogP contribution in [0.15, 0.2) is 42.5 Å². The molecule has 0 aliphatic carbocycles. The second kappa shape index (κ2) is 6.37. The van der Waals surface area contributed by atoms with Gasteiger partial charge in [-0.05, 0) is 36.8 Å². The number of anilines is 2. The van der Waals surface area contributed by atoms with E-state index in [1.165, 1.54) is 17.0 Å². The third kappa shape index (κ3) is 3.20. The Balaban J connectivity index is 2.45. The summed E-state index contributed by atoms with van der Waals surface area (Å²) < 4.78 is 13.4. The molecule has 0 atom stereocenters. The quantitative estimate of drug-likeness (QED) is 0.849. The molecule has 0 fully saturated rings. The molecule has 2 aromatic carbocycles. The number of hydrogen-bond donors (Lipinski definition) is 2. The summed E-state index contributed by atoms with van der Waals surface area (Å²) in [6, 6.07) is 10.9. The number of aliphatic hydroxyl groups is 1. The van der Waals surface area contributed by atoms with Crippen LogP contribution in [0.2, 0.25) is 0 Å². The van der Waals surface area contributed by atoms with Crippen molar-refractivity contribution in [2.45, 2.75) is 6.92 Å². The van der Waals surface area contributed by atoms with Crippen LogP contribution >= 0.6 is 0 Å². The van der Waals surface area contributed by atoms with Gasteiger partial charge in [-0.1, -0.05) is 18.2 Å². The first-order valence-electron chi connectivity index (χ1n) is 6.58. The zero-order chi connectivity index (χ0) is 15.4. The minimum atomic E-state index is -0.478. The largest absolute Gasteiger partial charge is 0.397 e. The van der Waals surface area contributed by atoms with Crippen molar-refractivity contribution < 1.29 is 14.3 Å². The Bertz CT molecular complexity index is 658. The maximum absolute atomic E-state index is 13.4. The number of nitrogens with zero attached hydrogens (tertiary/aromatic N) is 1. The van der Waals surface area contributed by atoms with Gasteiger partial charge in [-0.15, -0.1) is 0 Å². The van der Waals surface area contributed by atoms with E-state index in [1.807, 2.05) is 0 Å². The minimum Gasteiger partial charge on any atom is -0.397 e. The normalized spacial score (nSPS) is 10.4. The lowest BCUT2D eigenvalue weighted by atomic mass is 10.1. The molecule has 0 unspecified atom stereocenters. The van der Waals surface area contributed by atoms with Crippen LogP contribution in [0.25, 0.3) is 0 Å². The Kier molecular flexibility index (Phi) is 4.55. The van der Waals surface area contributed by atoms with Crippen molar-refractivity contribution in [2.75, 3.05) is 23.8 Å². The second-order valence-corrected chi connectivity index (χ2v) is 4.70. The Labute approximate surface area is 122 Å². The van der Waals surface area contributed by atoms with E-state index in [0.29, 0.717) is 16.9 Å². The highest BCUT2D eigenvalue weighted by molar-refractivity contribution is 6.08. The molecule has 0 saturated heterocycles. The number of para-hydroxylation sites is 2. The van der Waals surface area contributed by atoms with E-state index in [9.17, 15) is 14.3 Å². The highest BCUT2D eigenvalue weighted by atomic mass is 19.1. The Morgan fingerprint density at radius 2 is 2.00 bits per heavy atom. The maximum atomic E-state index is 13.4. The van der Waals surface area contributed by atoms with Crippen LogP contribution in [0.4, 0.5) is 15.8 Å². The van der Waals surface area contributed by atoms with Crippen molar-refractivity contribution in [3.63, 3.8) is 0 Å². The Morgan fingerprint density at radius 1 is 1.29 bits per heavy atom. The van der Waals surface area contributed by atoms with E-state index in [2.05, 4.69) is 0 Å². The number of rotatable bonds is 4. The zero-order valence-electron chi connectivity index (χ0n) is 11.7. The number of carbonyl (C=O) groups excluding carboxylic acids is 1. The standard InChI is InChI=1S/C16H17FN2O2/c1-11-6-7-12(17)10-13(11)16(21)19(8-9-20)15-5-3-2-4-14(15)18/h2-7,10,20H,8-9,18H2,1H3. The number of benzene rings is 2. The predicted molar refractivity (Wildman–Crippen MR) is 80.8 cm³/mol. The number of amides is 1. The van der Waals surface area contributed by atoms with Gasteiger partial charge in [-0.3, -0.25) is 4.79 Å². The lowest BCUT2D eigenvalue weighted by Gasteiger charge is -2.24. The Morgan fingerprint density at radius 3 is 2.67 bits per heavy atom. The fourth-order valence-corrected chi connectivity index (χ4v) is 2.13. The summed E-state index contributed by atoms with van der Waals surface area (Å²) >= 11 is 0. The molecule has 5 heteroatoms. The molecule has 0 aliphatic rings. The molecule has 3 N–H and O–H groups in total. The van der Waals surface area contributed by atoms with Crippen LogP contribution in [0, 0.1) is 12.7 Å². The Hall–Kier alpha value is -2.40. The molecule has 0 saturated carbocycles. The lowest BCUT2D eigenvalue weighted by molar-refractivity contribution is 0.0980. The summed E-state index contributed by atoms with van der Waals surface area (Å²) in [7, 11) is 0. The summed E-state index contributed by atoms with van der Waals surface area (Å²) in [5.74, 6) is -0.868. The van der Waals surface area contributed by atoms with Crippen LogP contribution in [-0.4, -0.2) is 24.2 Å². The topological polar surface area (TPSA) is 66.6 Å². The van der Waals surface area contributed by atoms with Crippen molar-refractivity contribution in [3.05, 3.63) is 59.4 Å². The zero-order valence-corrected chi connectivity index (χ0v) is 11.7. The smallest absolute Gasteiger partial charge is 0.258 e. The number of carbonyl (C=O) groups is 1. The van der Waals surface area contributed by atoms with Crippen molar-refractivity contribution in [3.8, 4) is 0 Å². The number of aliphatic hydroxyl groups excluding tert-OH is 1. The number of nitrogens with two attached hydrogens (primary N) is 1. The molecule has 0 bridgehead atoms. The number of halogens is 1. The first kappa shape index (κ1) is 15.0. The van der Waals surface area contributed by atoms with Crippen molar-refractivity contribution in [2.24, 2.45) is 0 Å². The highest BCUT2D eigenvalue weighted by Crippen LogP contribution is 2.25. The molecule has 2 rings (SSSR count). The van der Waals surface area contributed by atoms with Crippen LogP contribution < -0.4 is 10.6 Å². The minimum absolute atomic E-state index is 0.0863. The average molecular weight is 288 g/mol. The number of hydrogen-bond acceptors (Lipinski definition) is 3. The van der Waals surface area contributed by atoms with E-state index in [0.717, 1.165) is 0 Å². The maximum Gasteiger partial charge on any atom is 0.258 e. The summed E-state index contributed by atoms with van der Waals surface area (Å²) in [5.41, 5.74) is 7.73. The monoisotopic (exact) mass is 288 g/mol. The van der Waals surface area contributed by atoms with Gasteiger partial charge in [0.05, 0.1) is 18.0 Å². The van der Waals surface area contributed by atoms with Gasteiger partial charge in [0.25, 0.3) is 5.91 Å². The lowest BCUT2D eigenvalue weighted by Crippen LogP contribution is -2.34. The van der Waals surface area contributed by atoms with Crippen molar-refractivity contribution in [1.29, 1.82) is 0 Å². The van der Waals surface area contributed by atoms with E-state index in [1.54, 1.807) is 37.3 Å². The van der Waals surface area contributed by atoms with Crippen LogP contribution in [0.5, 0.6) is 0 Å². The first-order valence-corrected chi connectivity index (χ1v) is 6.58. The van der Waals surface area contributed by atoms with Gasteiger partial charge in [0.2, 0.25) is 0 Å². The molecule has 1 amide bonds. The summed E-state index contributed by atoms with van der Waals surface area (Å²) in [6.07, 6.45) is 0. The molecule has 2 aromatic rings. The van der Waals surface area contributed by atoms with E-state index in [-0.39, 0.29) is 24.6 Å².